The number of amides is 2. The molecular weight excluding hydrogens is 384 g/mol. The van der Waals surface area contributed by atoms with E-state index in [0.717, 1.165) is 23.1 Å². The SMILES string of the molecule is CCC(C)NC(=O)C(CC)N(Cc1ccccc1C)C(=O)Cc1ccc(Cl)cc1. The Hall–Kier alpha value is -2.33. The second-order valence-electron chi connectivity index (χ2n) is 7.49. The number of aryl methyl sites for hydroxylation is 1. The highest BCUT2D eigenvalue weighted by Crippen LogP contribution is 2.18. The van der Waals surface area contributed by atoms with Crippen molar-refractivity contribution in [3.05, 3.63) is 70.2 Å². The first-order valence-electron chi connectivity index (χ1n) is 10.2. The minimum absolute atomic E-state index is 0.0678. The van der Waals surface area contributed by atoms with Gasteiger partial charge >= 0.3 is 0 Å². The van der Waals surface area contributed by atoms with Crippen LogP contribution in [0.5, 0.6) is 0 Å². The van der Waals surface area contributed by atoms with Crippen LogP contribution in [0, 0.1) is 6.92 Å². The van der Waals surface area contributed by atoms with Gasteiger partial charge in [0.05, 0.1) is 6.42 Å². The standard InChI is InChI=1S/C24H31ClN2O2/c1-5-18(4)26-24(29)22(6-2)27(16-20-10-8-7-9-17(20)3)23(28)15-19-11-13-21(25)14-12-19/h7-14,18,22H,5-6,15-16H2,1-4H3,(H,26,29). The van der Waals surface area contributed by atoms with Crippen molar-refractivity contribution in [2.75, 3.05) is 0 Å². The number of benzene rings is 2. The lowest BCUT2D eigenvalue weighted by Crippen LogP contribution is -2.51. The third-order valence-electron chi connectivity index (χ3n) is 5.26. The van der Waals surface area contributed by atoms with Crippen LogP contribution in [0.25, 0.3) is 0 Å². The summed E-state index contributed by atoms with van der Waals surface area (Å²) in [6, 6.07) is 14.8. The first-order chi connectivity index (χ1) is 13.8. The van der Waals surface area contributed by atoms with Crippen LogP contribution in [0.15, 0.2) is 48.5 Å². The Bertz CT molecular complexity index is 820. The Kier molecular flexibility index (Phi) is 8.71. The maximum Gasteiger partial charge on any atom is 0.243 e. The van der Waals surface area contributed by atoms with Crippen molar-refractivity contribution in [1.29, 1.82) is 0 Å². The van der Waals surface area contributed by atoms with Gasteiger partial charge in [-0.1, -0.05) is 61.8 Å². The Labute approximate surface area is 179 Å². The molecule has 5 heteroatoms. The molecule has 0 spiro atoms. The van der Waals surface area contributed by atoms with Gasteiger partial charge in [-0.15, -0.1) is 0 Å². The first-order valence-corrected chi connectivity index (χ1v) is 10.6. The van der Waals surface area contributed by atoms with E-state index in [-0.39, 0.29) is 24.3 Å². The van der Waals surface area contributed by atoms with Crippen molar-refractivity contribution in [2.45, 2.75) is 65.6 Å². The van der Waals surface area contributed by atoms with Gasteiger partial charge in [0.15, 0.2) is 0 Å². The number of rotatable bonds is 9. The second kappa shape index (κ2) is 11.0. The number of carbonyl (C=O) groups is 2. The van der Waals surface area contributed by atoms with Gasteiger partial charge in [0.25, 0.3) is 0 Å². The van der Waals surface area contributed by atoms with Crippen LogP contribution in [0.2, 0.25) is 5.02 Å². The summed E-state index contributed by atoms with van der Waals surface area (Å²) in [4.78, 5) is 27.9. The zero-order valence-electron chi connectivity index (χ0n) is 17.7. The van der Waals surface area contributed by atoms with Crippen molar-refractivity contribution in [3.8, 4) is 0 Å². The third kappa shape index (κ3) is 6.60. The molecule has 2 aromatic rings. The molecule has 0 saturated carbocycles. The van der Waals surface area contributed by atoms with Crippen LogP contribution in [-0.2, 0) is 22.6 Å². The van der Waals surface area contributed by atoms with Gasteiger partial charge in [-0.2, -0.15) is 0 Å². The molecule has 29 heavy (non-hydrogen) atoms. The van der Waals surface area contributed by atoms with Gasteiger partial charge in [0.2, 0.25) is 11.8 Å². The lowest BCUT2D eigenvalue weighted by molar-refractivity contribution is -0.141. The fraction of sp³-hybridized carbons (Fsp3) is 0.417. The predicted octanol–water partition coefficient (Wildman–Crippen LogP) is 4.91. The number of nitrogens with zero attached hydrogens (tertiary/aromatic N) is 1. The fourth-order valence-corrected chi connectivity index (χ4v) is 3.34. The zero-order valence-corrected chi connectivity index (χ0v) is 18.5. The van der Waals surface area contributed by atoms with Crippen molar-refractivity contribution in [1.82, 2.24) is 10.2 Å². The molecule has 0 radical (unpaired) electrons. The Morgan fingerprint density at radius 2 is 1.69 bits per heavy atom. The topological polar surface area (TPSA) is 49.4 Å². The minimum atomic E-state index is -0.511. The first kappa shape index (κ1) is 23.0. The highest BCUT2D eigenvalue weighted by molar-refractivity contribution is 6.30. The molecule has 2 rings (SSSR count). The number of carbonyl (C=O) groups excluding carboxylic acids is 2. The van der Waals surface area contributed by atoms with Crippen LogP contribution in [0.3, 0.4) is 0 Å². The maximum atomic E-state index is 13.3. The summed E-state index contributed by atoms with van der Waals surface area (Å²) in [5.41, 5.74) is 3.03. The Morgan fingerprint density at radius 1 is 1.03 bits per heavy atom. The van der Waals surface area contributed by atoms with Gasteiger partial charge in [-0.3, -0.25) is 9.59 Å². The summed E-state index contributed by atoms with van der Waals surface area (Å²) in [7, 11) is 0. The van der Waals surface area contributed by atoms with E-state index in [4.69, 9.17) is 11.6 Å². The second-order valence-corrected chi connectivity index (χ2v) is 7.93. The van der Waals surface area contributed by atoms with Crippen LogP contribution < -0.4 is 5.32 Å². The van der Waals surface area contributed by atoms with E-state index >= 15 is 0 Å². The highest BCUT2D eigenvalue weighted by atomic mass is 35.5. The molecule has 0 fully saturated rings. The molecule has 2 aromatic carbocycles. The quantitative estimate of drug-likeness (QED) is 0.633. The van der Waals surface area contributed by atoms with Gasteiger partial charge in [0, 0.05) is 17.6 Å². The Morgan fingerprint density at radius 3 is 2.28 bits per heavy atom. The monoisotopic (exact) mass is 414 g/mol. The zero-order chi connectivity index (χ0) is 21.4. The number of hydrogen-bond acceptors (Lipinski definition) is 2. The molecule has 0 aliphatic carbocycles. The number of halogens is 1. The smallest absolute Gasteiger partial charge is 0.243 e. The highest BCUT2D eigenvalue weighted by Gasteiger charge is 2.29. The summed E-state index contributed by atoms with van der Waals surface area (Å²) in [5.74, 6) is -0.165. The molecule has 0 heterocycles. The predicted molar refractivity (Wildman–Crippen MR) is 119 cm³/mol. The van der Waals surface area contributed by atoms with Crippen molar-refractivity contribution in [3.63, 3.8) is 0 Å². The molecule has 2 atom stereocenters. The normalized spacial score (nSPS) is 12.9. The van der Waals surface area contributed by atoms with Crippen LogP contribution in [0.1, 0.15) is 50.3 Å². The van der Waals surface area contributed by atoms with E-state index in [1.54, 1.807) is 17.0 Å². The summed E-state index contributed by atoms with van der Waals surface area (Å²) < 4.78 is 0. The summed E-state index contributed by atoms with van der Waals surface area (Å²) in [6.07, 6.45) is 1.63. The van der Waals surface area contributed by atoms with Gasteiger partial charge in [-0.05, 0) is 55.5 Å². The van der Waals surface area contributed by atoms with E-state index in [1.807, 2.05) is 64.1 Å². The van der Waals surface area contributed by atoms with Gasteiger partial charge in [0.1, 0.15) is 6.04 Å². The van der Waals surface area contributed by atoms with E-state index < -0.39 is 6.04 Å². The third-order valence-corrected chi connectivity index (χ3v) is 5.51. The van der Waals surface area contributed by atoms with Crippen LogP contribution >= 0.6 is 11.6 Å². The van der Waals surface area contributed by atoms with Gasteiger partial charge in [-0.25, -0.2) is 0 Å². The number of nitrogens with one attached hydrogen (secondary N) is 1. The minimum Gasteiger partial charge on any atom is -0.352 e. The molecule has 1 N–H and O–H groups in total. The molecule has 0 aliphatic rings. The largest absolute Gasteiger partial charge is 0.352 e. The van der Waals surface area contributed by atoms with Crippen LogP contribution in [0.4, 0.5) is 0 Å². The summed E-state index contributed by atoms with van der Waals surface area (Å²) in [5, 5.41) is 3.67. The summed E-state index contributed by atoms with van der Waals surface area (Å²) >= 11 is 5.96. The summed E-state index contributed by atoms with van der Waals surface area (Å²) in [6.45, 7) is 8.39. The Balaban J connectivity index is 2.30. The van der Waals surface area contributed by atoms with Crippen molar-refractivity contribution >= 4 is 23.4 Å². The van der Waals surface area contributed by atoms with Gasteiger partial charge < -0.3 is 10.2 Å². The van der Waals surface area contributed by atoms with Crippen molar-refractivity contribution < 1.29 is 9.59 Å². The molecular formula is C24H31ClN2O2. The average molecular weight is 415 g/mol. The molecule has 4 nitrogen and oxygen atoms in total. The lowest BCUT2D eigenvalue weighted by Gasteiger charge is -2.32. The lowest BCUT2D eigenvalue weighted by atomic mass is 10.0. The molecule has 0 saturated heterocycles. The molecule has 0 bridgehead atoms. The molecule has 0 aliphatic heterocycles. The number of hydrogen-bond donors (Lipinski definition) is 1. The van der Waals surface area contributed by atoms with E-state index in [0.29, 0.717) is 18.0 Å². The molecule has 2 unspecified atom stereocenters. The molecule has 2 amide bonds. The van der Waals surface area contributed by atoms with E-state index in [9.17, 15) is 9.59 Å². The molecule has 0 aromatic heterocycles. The van der Waals surface area contributed by atoms with E-state index in [1.165, 1.54) is 0 Å². The van der Waals surface area contributed by atoms with E-state index in [2.05, 4.69) is 5.32 Å². The maximum absolute atomic E-state index is 13.3. The average Bonchev–Trinajstić information content (AvgIpc) is 2.70. The molecule has 156 valence electrons. The van der Waals surface area contributed by atoms with Crippen molar-refractivity contribution in [2.24, 2.45) is 0 Å². The van der Waals surface area contributed by atoms with Crippen LogP contribution in [-0.4, -0.2) is 28.8 Å². The fourth-order valence-electron chi connectivity index (χ4n) is 3.21.